The summed E-state index contributed by atoms with van der Waals surface area (Å²) in [7, 11) is -7.74. The normalized spacial score (nSPS) is 22.5. The Morgan fingerprint density at radius 3 is 1.85 bits per heavy atom. The van der Waals surface area contributed by atoms with E-state index in [2.05, 4.69) is 45.8 Å². The number of benzene rings is 1. The number of carboxylic acid groups (broad SMARTS) is 1. The van der Waals surface area contributed by atoms with E-state index in [9.17, 15) is 4.79 Å². The molecule has 1 saturated heterocycles. The van der Waals surface area contributed by atoms with Gasteiger partial charge in [-0.3, -0.25) is 4.79 Å². The second-order valence-corrected chi connectivity index (χ2v) is 20.9. The van der Waals surface area contributed by atoms with Gasteiger partial charge in [0.15, 0.2) is 0 Å². The lowest BCUT2D eigenvalue weighted by atomic mass is 10.1. The first kappa shape index (κ1) is 24.4. The van der Waals surface area contributed by atoms with Crippen molar-refractivity contribution in [2.24, 2.45) is 5.73 Å². The zero-order valence-corrected chi connectivity index (χ0v) is 21.5. The van der Waals surface area contributed by atoms with Crippen LogP contribution < -0.4 is 5.73 Å². The van der Waals surface area contributed by atoms with Crippen molar-refractivity contribution < 1.29 is 26.4 Å². The van der Waals surface area contributed by atoms with Gasteiger partial charge in [-0.2, -0.15) is 0 Å². The van der Waals surface area contributed by atoms with Crippen LogP contribution in [0.1, 0.15) is 5.56 Å². The predicted molar refractivity (Wildman–Crippen MR) is 116 cm³/mol. The van der Waals surface area contributed by atoms with Crippen molar-refractivity contribution in [1.29, 1.82) is 0 Å². The van der Waals surface area contributed by atoms with E-state index in [-0.39, 0.29) is 0 Å². The van der Waals surface area contributed by atoms with Crippen molar-refractivity contribution >= 4 is 40.9 Å². The number of hydrogen-bond donors (Lipinski definition) is 2. The molecule has 1 aliphatic rings. The summed E-state index contributed by atoms with van der Waals surface area (Å²) < 4.78 is 24.1. The maximum absolute atomic E-state index is 10.4. The average molecular weight is 448 g/mol. The number of carbonyl (C=O) groups is 1. The maximum atomic E-state index is 10.4. The van der Waals surface area contributed by atoms with Gasteiger partial charge >= 0.3 is 40.9 Å². The number of aliphatic carboxylic acids is 1. The fraction of sp³-hybridized carbons (Fsp3) is 0.562. The van der Waals surface area contributed by atoms with Gasteiger partial charge in [0.25, 0.3) is 0 Å². The molecule has 154 valence electrons. The van der Waals surface area contributed by atoms with Crippen molar-refractivity contribution in [2.45, 2.75) is 58.3 Å². The summed E-state index contributed by atoms with van der Waals surface area (Å²) in [6, 6.07) is 8.54. The summed E-state index contributed by atoms with van der Waals surface area (Å²) in [6.45, 7) is 14.5. The van der Waals surface area contributed by atoms with E-state index in [1.165, 1.54) is 0 Å². The first-order valence-electron chi connectivity index (χ1n) is 9.00. The topological polar surface area (TPSA) is 100 Å². The average Bonchev–Trinajstić information content (AvgIpc) is 2.43. The monoisotopic (exact) mass is 447 g/mol. The molecule has 0 spiro atoms. The molecule has 0 amide bonds. The van der Waals surface area contributed by atoms with Crippen molar-refractivity contribution in [2.75, 3.05) is 0 Å². The Morgan fingerprint density at radius 1 is 1.00 bits per heavy atom. The number of hydrogen-bond acceptors (Lipinski definition) is 6. The van der Waals surface area contributed by atoms with E-state index in [0.29, 0.717) is 6.42 Å². The van der Waals surface area contributed by atoms with Gasteiger partial charge in [-0.1, -0.05) is 30.3 Å². The van der Waals surface area contributed by atoms with Crippen LogP contribution >= 0.6 is 0 Å². The van der Waals surface area contributed by atoms with Gasteiger partial charge in [0.05, 0.1) is 0 Å². The molecule has 1 fully saturated rings. The SMILES string of the molecule is C[SiH]1O[Si](C)(C)O[Si](C)(C)O[Si](C)(C)O1.N[C@@H](Cc1ccccc1)C(=O)O. The van der Waals surface area contributed by atoms with Crippen LogP contribution in [0.25, 0.3) is 0 Å². The highest BCUT2D eigenvalue weighted by atomic mass is 28.5. The zero-order chi connectivity index (χ0) is 20.9. The molecule has 0 unspecified atom stereocenters. The van der Waals surface area contributed by atoms with E-state index < -0.39 is 47.0 Å². The van der Waals surface area contributed by atoms with Gasteiger partial charge in [-0.15, -0.1) is 0 Å². The third-order valence-corrected chi connectivity index (χ3v) is 18.6. The molecule has 1 atom stereocenters. The molecule has 0 bridgehead atoms. The minimum absolute atomic E-state index is 0.385. The highest BCUT2D eigenvalue weighted by Crippen LogP contribution is 2.26. The third kappa shape index (κ3) is 9.91. The Morgan fingerprint density at radius 2 is 1.44 bits per heavy atom. The smallest absolute Gasteiger partial charge is 0.320 e. The van der Waals surface area contributed by atoms with Crippen LogP contribution in [0.2, 0.25) is 45.8 Å². The molecule has 0 aliphatic carbocycles. The molecule has 0 aromatic heterocycles. The van der Waals surface area contributed by atoms with Gasteiger partial charge in [0.2, 0.25) is 0 Å². The van der Waals surface area contributed by atoms with E-state index in [1.807, 2.05) is 30.3 Å². The van der Waals surface area contributed by atoms with Gasteiger partial charge in [-0.25, -0.2) is 0 Å². The molecule has 1 aliphatic heterocycles. The number of rotatable bonds is 3. The second kappa shape index (κ2) is 9.71. The van der Waals surface area contributed by atoms with Crippen molar-refractivity contribution in [1.82, 2.24) is 0 Å². The van der Waals surface area contributed by atoms with Crippen LogP contribution in [-0.4, -0.2) is 52.1 Å². The maximum Gasteiger partial charge on any atom is 0.320 e. The van der Waals surface area contributed by atoms with Crippen LogP contribution in [0.4, 0.5) is 0 Å². The molecular formula is C16H33NO6Si4. The number of carboxylic acids is 1. The van der Waals surface area contributed by atoms with Gasteiger partial charge in [-0.05, 0) is 57.8 Å². The Hall–Kier alpha value is -0.642. The summed E-state index contributed by atoms with van der Waals surface area (Å²) in [6.07, 6.45) is 0.385. The van der Waals surface area contributed by atoms with Crippen LogP contribution in [-0.2, 0) is 27.7 Å². The summed E-state index contributed by atoms with van der Waals surface area (Å²) in [4.78, 5) is 10.4. The van der Waals surface area contributed by atoms with Crippen LogP contribution in [0.5, 0.6) is 0 Å². The molecule has 0 radical (unpaired) electrons. The minimum Gasteiger partial charge on any atom is -0.480 e. The molecular weight excluding hydrogens is 415 g/mol. The van der Waals surface area contributed by atoms with Crippen LogP contribution in [0.15, 0.2) is 30.3 Å². The molecule has 1 heterocycles. The first-order valence-corrected chi connectivity index (χ1v) is 19.5. The molecule has 1 aromatic rings. The van der Waals surface area contributed by atoms with E-state index in [0.717, 1.165) is 5.56 Å². The quantitative estimate of drug-likeness (QED) is 0.687. The summed E-state index contributed by atoms with van der Waals surface area (Å²) in [5.41, 5.74) is 6.30. The minimum atomic E-state index is -2.08. The van der Waals surface area contributed by atoms with Crippen molar-refractivity contribution in [3.63, 3.8) is 0 Å². The Kier molecular flexibility index (Phi) is 8.78. The highest BCUT2D eigenvalue weighted by Gasteiger charge is 2.46. The zero-order valence-electron chi connectivity index (χ0n) is 17.3. The summed E-state index contributed by atoms with van der Waals surface area (Å²) in [5, 5.41) is 8.52. The molecule has 2 rings (SSSR count). The standard InChI is InChI=1S/C9H11NO2.C7H22O4Si4/c10-8(9(11)12)6-7-4-2-1-3-5-7;1-12-8-13(2,3)10-15(6,7)11-14(4,5)9-12/h1-5,8H,6,10H2,(H,11,12);12H,1-7H3/t8-;/m0./s1. The van der Waals surface area contributed by atoms with Crippen LogP contribution in [0, 0.1) is 0 Å². The molecule has 11 heteroatoms. The third-order valence-electron chi connectivity index (χ3n) is 3.50. The lowest BCUT2D eigenvalue weighted by Gasteiger charge is -2.43. The van der Waals surface area contributed by atoms with Gasteiger partial charge < -0.3 is 27.3 Å². The first-order chi connectivity index (χ1) is 12.2. The van der Waals surface area contributed by atoms with E-state index in [1.54, 1.807) is 0 Å². The molecule has 27 heavy (non-hydrogen) atoms. The molecule has 1 aromatic carbocycles. The molecule has 3 N–H and O–H groups in total. The lowest BCUT2D eigenvalue weighted by molar-refractivity contribution is -0.138. The Bertz CT molecular complexity index is 592. The predicted octanol–water partition coefficient (Wildman–Crippen LogP) is 2.66. The van der Waals surface area contributed by atoms with E-state index in [4.69, 9.17) is 27.3 Å². The fourth-order valence-electron chi connectivity index (χ4n) is 3.03. The summed E-state index contributed by atoms with van der Waals surface area (Å²) in [5.74, 6) is -0.959. The van der Waals surface area contributed by atoms with Crippen molar-refractivity contribution in [3.05, 3.63) is 35.9 Å². The lowest BCUT2D eigenvalue weighted by Crippen LogP contribution is -2.60. The Balaban J connectivity index is 0.000000277. The van der Waals surface area contributed by atoms with E-state index >= 15 is 0 Å². The van der Waals surface area contributed by atoms with Gasteiger partial charge in [0, 0.05) is 0 Å². The van der Waals surface area contributed by atoms with Crippen LogP contribution in [0.3, 0.4) is 0 Å². The summed E-state index contributed by atoms with van der Waals surface area (Å²) >= 11 is 0. The molecule has 0 saturated carbocycles. The fourth-order valence-corrected chi connectivity index (χ4v) is 21.3. The largest absolute Gasteiger partial charge is 0.480 e. The Labute approximate surface area is 167 Å². The van der Waals surface area contributed by atoms with Gasteiger partial charge in [0.1, 0.15) is 6.04 Å². The van der Waals surface area contributed by atoms with Crippen molar-refractivity contribution in [3.8, 4) is 0 Å². The highest BCUT2D eigenvalue weighted by molar-refractivity contribution is 6.89. The number of nitrogens with two attached hydrogens (primary N) is 1. The second-order valence-electron chi connectivity index (χ2n) is 7.84. The molecule has 7 nitrogen and oxygen atoms in total.